The molecule has 160 valence electrons. The van der Waals surface area contributed by atoms with E-state index in [1.165, 1.54) is 0 Å². The van der Waals surface area contributed by atoms with Crippen LogP contribution >= 0.6 is 0 Å². The molecule has 3 rings (SSSR count). The predicted molar refractivity (Wildman–Crippen MR) is 115 cm³/mol. The van der Waals surface area contributed by atoms with Gasteiger partial charge in [-0.3, -0.25) is 9.59 Å². The predicted octanol–water partition coefficient (Wildman–Crippen LogP) is 3.04. The molecule has 30 heavy (non-hydrogen) atoms. The number of benzene rings is 2. The second-order valence-electron chi connectivity index (χ2n) is 7.57. The summed E-state index contributed by atoms with van der Waals surface area (Å²) in [4.78, 5) is 26.8. The third-order valence-electron chi connectivity index (χ3n) is 5.33. The van der Waals surface area contributed by atoms with Crippen molar-refractivity contribution in [1.82, 2.24) is 10.2 Å². The normalized spacial score (nSPS) is 18.9. The summed E-state index contributed by atoms with van der Waals surface area (Å²) in [6.07, 6.45) is 0.903. The first-order valence-corrected chi connectivity index (χ1v) is 10.4. The molecule has 1 fully saturated rings. The number of carbonyl (C=O) groups is 2. The van der Waals surface area contributed by atoms with Crippen LogP contribution in [0.2, 0.25) is 0 Å². The number of hydrogen-bond acceptors (Lipinski definition) is 4. The SMILES string of the molecule is CCCOc1cccc(CCNC(=O)[C@H]2OCC(=O)N(C)[C@@H]2c2ccccc2C)c1. The molecule has 1 heterocycles. The van der Waals surface area contributed by atoms with Crippen LogP contribution < -0.4 is 10.1 Å². The molecule has 2 aromatic rings. The number of ether oxygens (including phenoxy) is 2. The fourth-order valence-electron chi connectivity index (χ4n) is 3.66. The van der Waals surface area contributed by atoms with Gasteiger partial charge >= 0.3 is 0 Å². The number of likely N-dealkylation sites (N-methyl/N-ethyl adjacent to an activating group) is 1. The van der Waals surface area contributed by atoms with Crippen LogP contribution in [0.15, 0.2) is 48.5 Å². The monoisotopic (exact) mass is 410 g/mol. The second-order valence-corrected chi connectivity index (χ2v) is 7.57. The Hall–Kier alpha value is -2.86. The van der Waals surface area contributed by atoms with Gasteiger partial charge in [0.15, 0.2) is 6.10 Å². The van der Waals surface area contributed by atoms with E-state index in [9.17, 15) is 9.59 Å². The van der Waals surface area contributed by atoms with Crippen molar-refractivity contribution in [2.24, 2.45) is 0 Å². The zero-order chi connectivity index (χ0) is 21.5. The van der Waals surface area contributed by atoms with Crippen molar-refractivity contribution in [3.8, 4) is 5.75 Å². The summed E-state index contributed by atoms with van der Waals surface area (Å²) < 4.78 is 11.4. The molecule has 0 saturated carbocycles. The van der Waals surface area contributed by atoms with Crippen LogP contribution in [0, 0.1) is 6.92 Å². The van der Waals surface area contributed by atoms with E-state index in [1.807, 2.05) is 55.5 Å². The van der Waals surface area contributed by atoms with Crippen molar-refractivity contribution >= 4 is 11.8 Å². The fraction of sp³-hybridized carbons (Fsp3) is 0.417. The van der Waals surface area contributed by atoms with Crippen LogP contribution in [-0.4, -0.2) is 49.6 Å². The van der Waals surface area contributed by atoms with Crippen molar-refractivity contribution in [3.63, 3.8) is 0 Å². The third-order valence-corrected chi connectivity index (χ3v) is 5.33. The van der Waals surface area contributed by atoms with Gasteiger partial charge in [-0.05, 0) is 48.6 Å². The highest BCUT2D eigenvalue weighted by atomic mass is 16.5. The van der Waals surface area contributed by atoms with E-state index < -0.39 is 12.1 Å². The van der Waals surface area contributed by atoms with Gasteiger partial charge in [0, 0.05) is 13.6 Å². The molecule has 0 unspecified atom stereocenters. The summed E-state index contributed by atoms with van der Waals surface area (Å²) in [6, 6.07) is 15.2. The molecule has 2 aromatic carbocycles. The van der Waals surface area contributed by atoms with E-state index in [2.05, 4.69) is 12.2 Å². The first kappa shape index (κ1) is 21.8. The van der Waals surface area contributed by atoms with Crippen LogP contribution in [0.1, 0.15) is 36.1 Å². The topological polar surface area (TPSA) is 67.9 Å². The molecule has 0 aromatic heterocycles. The summed E-state index contributed by atoms with van der Waals surface area (Å²) in [5, 5.41) is 2.98. The van der Waals surface area contributed by atoms with Crippen LogP contribution in [-0.2, 0) is 20.7 Å². The van der Waals surface area contributed by atoms with Gasteiger partial charge in [0.25, 0.3) is 5.91 Å². The molecular weight excluding hydrogens is 380 g/mol. The Bertz CT molecular complexity index is 883. The molecule has 0 aliphatic carbocycles. The summed E-state index contributed by atoms with van der Waals surface area (Å²) in [5.41, 5.74) is 3.04. The van der Waals surface area contributed by atoms with Gasteiger partial charge in [0.05, 0.1) is 12.6 Å². The Kier molecular flexibility index (Phi) is 7.46. The molecule has 1 aliphatic heterocycles. The summed E-state index contributed by atoms with van der Waals surface area (Å²) in [7, 11) is 1.73. The summed E-state index contributed by atoms with van der Waals surface area (Å²) in [6.45, 7) is 5.13. The minimum atomic E-state index is -0.743. The van der Waals surface area contributed by atoms with Crippen LogP contribution in [0.3, 0.4) is 0 Å². The fourth-order valence-corrected chi connectivity index (χ4v) is 3.66. The lowest BCUT2D eigenvalue weighted by Gasteiger charge is -2.38. The molecule has 6 heteroatoms. The van der Waals surface area contributed by atoms with Crippen molar-refractivity contribution < 1.29 is 19.1 Å². The highest BCUT2D eigenvalue weighted by Crippen LogP contribution is 2.31. The van der Waals surface area contributed by atoms with Gasteiger partial charge in [-0.2, -0.15) is 0 Å². The number of amides is 2. The van der Waals surface area contributed by atoms with Crippen molar-refractivity contribution in [2.45, 2.75) is 38.8 Å². The Labute approximate surface area is 178 Å². The van der Waals surface area contributed by atoms with Crippen molar-refractivity contribution in [2.75, 3.05) is 26.8 Å². The standard InChI is InChI=1S/C24H30N2O4/c1-4-14-29-19-10-7-9-18(15-19)12-13-25-24(28)23-22(26(3)21(27)16-30-23)20-11-6-5-8-17(20)2/h5-11,15,22-23H,4,12-14,16H2,1-3H3,(H,25,28)/t22-,23+/m1/s1. The average molecular weight is 411 g/mol. The van der Waals surface area contributed by atoms with Crippen molar-refractivity contribution in [3.05, 3.63) is 65.2 Å². The summed E-state index contributed by atoms with van der Waals surface area (Å²) >= 11 is 0. The quantitative estimate of drug-likeness (QED) is 0.726. The number of aryl methyl sites for hydroxylation is 1. The molecular formula is C24H30N2O4. The molecule has 6 nitrogen and oxygen atoms in total. The molecule has 1 saturated heterocycles. The van der Waals surface area contributed by atoms with E-state index in [1.54, 1.807) is 11.9 Å². The van der Waals surface area contributed by atoms with E-state index in [4.69, 9.17) is 9.47 Å². The minimum Gasteiger partial charge on any atom is -0.494 e. The molecule has 2 amide bonds. The van der Waals surface area contributed by atoms with E-state index in [0.717, 1.165) is 28.9 Å². The highest BCUT2D eigenvalue weighted by Gasteiger charge is 2.40. The third kappa shape index (κ3) is 5.19. The number of rotatable bonds is 8. The van der Waals surface area contributed by atoms with E-state index in [0.29, 0.717) is 19.6 Å². The van der Waals surface area contributed by atoms with Crippen LogP contribution in [0.5, 0.6) is 5.75 Å². The van der Waals surface area contributed by atoms with Gasteiger partial charge in [-0.15, -0.1) is 0 Å². The zero-order valence-corrected chi connectivity index (χ0v) is 17.9. The van der Waals surface area contributed by atoms with Crippen LogP contribution in [0.4, 0.5) is 0 Å². The first-order valence-electron chi connectivity index (χ1n) is 10.4. The smallest absolute Gasteiger partial charge is 0.251 e. The lowest BCUT2D eigenvalue weighted by Crippen LogP contribution is -2.53. The van der Waals surface area contributed by atoms with Gasteiger partial charge in [0.2, 0.25) is 5.91 Å². The van der Waals surface area contributed by atoms with E-state index in [-0.39, 0.29) is 18.4 Å². The van der Waals surface area contributed by atoms with E-state index >= 15 is 0 Å². The number of carbonyl (C=O) groups excluding carboxylic acids is 2. The van der Waals surface area contributed by atoms with Gasteiger partial charge < -0.3 is 19.7 Å². The maximum Gasteiger partial charge on any atom is 0.251 e. The Morgan fingerprint density at radius 2 is 2.03 bits per heavy atom. The largest absolute Gasteiger partial charge is 0.494 e. The number of morpholine rings is 1. The second kappa shape index (κ2) is 10.3. The number of hydrogen-bond donors (Lipinski definition) is 1. The maximum absolute atomic E-state index is 12.9. The minimum absolute atomic E-state index is 0.0895. The van der Waals surface area contributed by atoms with Gasteiger partial charge in [-0.1, -0.05) is 43.3 Å². The number of nitrogens with one attached hydrogen (secondary N) is 1. The zero-order valence-electron chi connectivity index (χ0n) is 17.9. The molecule has 1 aliphatic rings. The van der Waals surface area contributed by atoms with Gasteiger partial charge in [-0.25, -0.2) is 0 Å². The molecule has 2 atom stereocenters. The Morgan fingerprint density at radius 3 is 2.80 bits per heavy atom. The Morgan fingerprint density at radius 1 is 1.23 bits per heavy atom. The van der Waals surface area contributed by atoms with Crippen LogP contribution in [0.25, 0.3) is 0 Å². The van der Waals surface area contributed by atoms with Gasteiger partial charge in [0.1, 0.15) is 12.4 Å². The molecule has 0 radical (unpaired) electrons. The molecule has 0 spiro atoms. The van der Waals surface area contributed by atoms with Crippen molar-refractivity contribution in [1.29, 1.82) is 0 Å². The lowest BCUT2D eigenvalue weighted by molar-refractivity contribution is -0.162. The highest BCUT2D eigenvalue weighted by molar-refractivity contribution is 5.86. The average Bonchev–Trinajstić information content (AvgIpc) is 2.75. The Balaban J connectivity index is 1.65. The number of nitrogens with zero attached hydrogens (tertiary/aromatic N) is 1. The maximum atomic E-state index is 12.9. The molecule has 0 bridgehead atoms. The first-order chi connectivity index (χ1) is 14.5. The summed E-state index contributed by atoms with van der Waals surface area (Å²) in [5.74, 6) is 0.508. The molecule has 1 N–H and O–H groups in total. The lowest BCUT2D eigenvalue weighted by atomic mass is 9.94.